The molecule has 1 unspecified atom stereocenters. The van der Waals surface area contributed by atoms with Gasteiger partial charge in [-0.05, 0) is 30.4 Å². The van der Waals surface area contributed by atoms with Crippen molar-refractivity contribution in [3.8, 4) is 0 Å². The van der Waals surface area contributed by atoms with E-state index in [-0.39, 0.29) is 0 Å². The minimum atomic E-state index is 0.440. The molecule has 2 rings (SSSR count). The molecule has 0 bridgehead atoms. The largest absolute Gasteiger partial charge is 0.382 e. The minimum absolute atomic E-state index is 0.440. The van der Waals surface area contributed by atoms with Crippen LogP contribution < -0.4 is 11.5 Å². The van der Waals surface area contributed by atoms with Crippen molar-refractivity contribution in [2.45, 2.75) is 19.9 Å². The number of nitrogen functional groups attached to an aromatic ring is 1. The third kappa shape index (κ3) is 3.57. The first-order valence-corrected chi connectivity index (χ1v) is 7.57. The molecule has 0 aliphatic carbocycles. The van der Waals surface area contributed by atoms with Gasteiger partial charge in [-0.2, -0.15) is 11.8 Å². The van der Waals surface area contributed by atoms with Crippen molar-refractivity contribution in [1.29, 1.82) is 0 Å². The summed E-state index contributed by atoms with van der Waals surface area (Å²) in [5.41, 5.74) is 12.8. The summed E-state index contributed by atoms with van der Waals surface area (Å²) in [5, 5.41) is 0. The highest BCUT2D eigenvalue weighted by molar-refractivity contribution is 7.99. The van der Waals surface area contributed by atoms with Gasteiger partial charge in [0.2, 0.25) is 0 Å². The predicted octanol–water partition coefficient (Wildman–Crippen LogP) is 1.13. The molecule has 0 fully saturated rings. The van der Waals surface area contributed by atoms with Crippen LogP contribution in [0.3, 0.4) is 0 Å². The van der Waals surface area contributed by atoms with Gasteiger partial charge in [-0.1, -0.05) is 6.92 Å². The molecule has 0 aliphatic rings. The number of hydrogen-bond acceptors (Lipinski definition) is 6. The third-order valence-corrected chi connectivity index (χ3v) is 4.30. The van der Waals surface area contributed by atoms with Crippen LogP contribution in [0.2, 0.25) is 0 Å². The number of fused-ring (bicyclic) bond motifs is 1. The maximum absolute atomic E-state index is 5.75. The van der Waals surface area contributed by atoms with Crippen LogP contribution in [0.1, 0.15) is 13.3 Å². The normalized spacial score (nSPS) is 12.9. The number of aromatic nitrogens is 4. The van der Waals surface area contributed by atoms with Crippen LogP contribution in [-0.2, 0) is 6.54 Å². The van der Waals surface area contributed by atoms with Crippen molar-refractivity contribution in [3.63, 3.8) is 0 Å². The number of thioether (sulfide) groups is 1. The highest BCUT2D eigenvalue weighted by Gasteiger charge is 2.07. The lowest BCUT2D eigenvalue weighted by Crippen LogP contribution is -2.13. The average Bonchev–Trinajstić information content (AvgIpc) is 2.83. The van der Waals surface area contributed by atoms with Gasteiger partial charge in [-0.15, -0.1) is 0 Å². The Morgan fingerprint density at radius 1 is 1.37 bits per heavy atom. The summed E-state index contributed by atoms with van der Waals surface area (Å²) in [7, 11) is 0. The fourth-order valence-corrected chi connectivity index (χ4v) is 2.79. The van der Waals surface area contributed by atoms with Crippen molar-refractivity contribution in [3.05, 3.63) is 12.7 Å². The Labute approximate surface area is 117 Å². The van der Waals surface area contributed by atoms with Gasteiger partial charge in [-0.3, -0.25) is 0 Å². The van der Waals surface area contributed by atoms with Crippen molar-refractivity contribution in [2.24, 2.45) is 11.7 Å². The number of nitrogens with two attached hydrogens (primary N) is 2. The van der Waals surface area contributed by atoms with E-state index >= 15 is 0 Å². The molecule has 19 heavy (non-hydrogen) atoms. The molecule has 0 radical (unpaired) electrons. The summed E-state index contributed by atoms with van der Waals surface area (Å²) >= 11 is 1.95. The van der Waals surface area contributed by atoms with E-state index in [4.69, 9.17) is 11.5 Å². The molecule has 0 amide bonds. The zero-order valence-corrected chi connectivity index (χ0v) is 11.9. The standard InChI is InChI=1S/C12H20N6S/c1-9(5-13)6-19-4-2-3-18-8-17-10-11(14)15-7-16-12(10)18/h7-9H,2-6,13H2,1H3,(H2,14,15,16). The quantitative estimate of drug-likeness (QED) is 0.738. The van der Waals surface area contributed by atoms with Crippen LogP contribution >= 0.6 is 11.8 Å². The molecule has 2 aromatic rings. The fraction of sp³-hybridized carbons (Fsp3) is 0.583. The lowest BCUT2D eigenvalue weighted by atomic mass is 10.2. The van der Waals surface area contributed by atoms with Crippen LogP contribution in [0.15, 0.2) is 12.7 Å². The molecule has 4 N–H and O–H groups in total. The van der Waals surface area contributed by atoms with Crippen molar-refractivity contribution < 1.29 is 0 Å². The molecule has 104 valence electrons. The van der Waals surface area contributed by atoms with E-state index in [0.29, 0.717) is 17.3 Å². The zero-order valence-electron chi connectivity index (χ0n) is 11.1. The van der Waals surface area contributed by atoms with E-state index in [1.165, 1.54) is 6.33 Å². The molecular weight excluding hydrogens is 260 g/mol. The Bertz CT molecular complexity index is 526. The zero-order chi connectivity index (χ0) is 13.7. The van der Waals surface area contributed by atoms with Gasteiger partial charge in [0.15, 0.2) is 11.5 Å². The SMILES string of the molecule is CC(CN)CSCCCn1cnc2c(N)ncnc21. The lowest BCUT2D eigenvalue weighted by Gasteiger charge is -2.08. The van der Waals surface area contributed by atoms with Gasteiger partial charge in [0.05, 0.1) is 6.33 Å². The first kappa shape index (κ1) is 14.1. The predicted molar refractivity (Wildman–Crippen MR) is 79.9 cm³/mol. The number of hydrogen-bond donors (Lipinski definition) is 2. The second-order valence-electron chi connectivity index (χ2n) is 4.64. The van der Waals surface area contributed by atoms with Crippen LogP contribution in [0, 0.1) is 5.92 Å². The smallest absolute Gasteiger partial charge is 0.165 e. The van der Waals surface area contributed by atoms with Gasteiger partial charge >= 0.3 is 0 Å². The van der Waals surface area contributed by atoms with E-state index in [2.05, 4.69) is 21.9 Å². The molecule has 0 aliphatic heterocycles. The summed E-state index contributed by atoms with van der Waals surface area (Å²) < 4.78 is 2.03. The maximum Gasteiger partial charge on any atom is 0.165 e. The summed E-state index contributed by atoms with van der Waals surface area (Å²) in [6, 6.07) is 0. The van der Waals surface area contributed by atoms with E-state index in [1.807, 2.05) is 16.3 Å². The maximum atomic E-state index is 5.75. The Morgan fingerprint density at radius 3 is 3.00 bits per heavy atom. The number of anilines is 1. The summed E-state index contributed by atoms with van der Waals surface area (Å²) in [5.74, 6) is 3.27. The number of rotatable bonds is 7. The van der Waals surface area contributed by atoms with Crippen molar-refractivity contribution in [1.82, 2.24) is 19.5 Å². The monoisotopic (exact) mass is 280 g/mol. The highest BCUT2D eigenvalue weighted by Crippen LogP contribution is 2.15. The molecule has 1 atom stereocenters. The van der Waals surface area contributed by atoms with Crippen molar-refractivity contribution in [2.75, 3.05) is 23.8 Å². The Balaban J connectivity index is 1.84. The molecule has 2 aromatic heterocycles. The highest BCUT2D eigenvalue weighted by atomic mass is 32.2. The Morgan fingerprint density at radius 2 is 2.21 bits per heavy atom. The molecule has 7 heteroatoms. The minimum Gasteiger partial charge on any atom is -0.382 e. The molecule has 0 spiro atoms. The number of nitrogens with zero attached hydrogens (tertiary/aromatic N) is 4. The van der Waals surface area contributed by atoms with Crippen molar-refractivity contribution >= 4 is 28.7 Å². The molecule has 0 saturated carbocycles. The first-order valence-electron chi connectivity index (χ1n) is 6.41. The molecule has 6 nitrogen and oxygen atoms in total. The van der Waals surface area contributed by atoms with Gasteiger partial charge in [0.1, 0.15) is 11.8 Å². The van der Waals surface area contributed by atoms with Gasteiger partial charge in [-0.25, -0.2) is 15.0 Å². The lowest BCUT2D eigenvalue weighted by molar-refractivity contribution is 0.671. The van der Waals surface area contributed by atoms with Crippen LogP contribution in [-0.4, -0.2) is 37.6 Å². The molecule has 0 saturated heterocycles. The number of imidazole rings is 1. The van der Waals surface area contributed by atoms with E-state index in [9.17, 15) is 0 Å². The van der Waals surface area contributed by atoms with Crippen LogP contribution in [0.4, 0.5) is 5.82 Å². The van der Waals surface area contributed by atoms with Gasteiger partial charge in [0, 0.05) is 6.54 Å². The topological polar surface area (TPSA) is 95.6 Å². The van der Waals surface area contributed by atoms with Gasteiger partial charge < -0.3 is 16.0 Å². The average molecular weight is 280 g/mol. The second kappa shape index (κ2) is 6.72. The van der Waals surface area contributed by atoms with E-state index < -0.39 is 0 Å². The van der Waals surface area contributed by atoms with Crippen LogP contribution in [0.5, 0.6) is 0 Å². The molecule has 0 aromatic carbocycles. The summed E-state index contributed by atoms with van der Waals surface area (Å²) in [4.78, 5) is 12.4. The van der Waals surface area contributed by atoms with E-state index in [1.54, 1.807) is 6.33 Å². The molecule has 2 heterocycles. The van der Waals surface area contributed by atoms with Crippen LogP contribution in [0.25, 0.3) is 11.2 Å². The third-order valence-electron chi connectivity index (χ3n) is 2.92. The Hall–Kier alpha value is -1.34. The molecular formula is C12H20N6S. The van der Waals surface area contributed by atoms with E-state index in [0.717, 1.165) is 36.7 Å². The fourth-order valence-electron chi connectivity index (χ4n) is 1.75. The Kier molecular flexibility index (Phi) is 4.98. The number of aryl methyl sites for hydroxylation is 1. The first-order chi connectivity index (χ1) is 9.22. The summed E-state index contributed by atoms with van der Waals surface area (Å²) in [6.45, 7) is 3.84. The summed E-state index contributed by atoms with van der Waals surface area (Å²) in [6.07, 6.45) is 4.34. The van der Waals surface area contributed by atoms with Gasteiger partial charge in [0.25, 0.3) is 0 Å². The second-order valence-corrected chi connectivity index (χ2v) is 5.79.